The van der Waals surface area contributed by atoms with Crippen LogP contribution < -0.4 is 0 Å². The summed E-state index contributed by atoms with van der Waals surface area (Å²) in [5.41, 5.74) is 3.13. The van der Waals surface area contributed by atoms with Gasteiger partial charge in [0.2, 0.25) is 0 Å². The maximum Gasteiger partial charge on any atom is 0.310 e. The summed E-state index contributed by atoms with van der Waals surface area (Å²) < 4.78 is 4.93. The summed E-state index contributed by atoms with van der Waals surface area (Å²) in [5, 5.41) is 1.37. The van der Waals surface area contributed by atoms with Gasteiger partial charge in [0.25, 0.3) is 0 Å². The van der Waals surface area contributed by atoms with Gasteiger partial charge in [-0.25, -0.2) is 0 Å². The van der Waals surface area contributed by atoms with Crippen LogP contribution >= 0.6 is 27.5 Å². The van der Waals surface area contributed by atoms with Crippen molar-refractivity contribution in [2.75, 3.05) is 6.61 Å². The van der Waals surface area contributed by atoms with Crippen molar-refractivity contribution >= 4 is 33.5 Å². The summed E-state index contributed by atoms with van der Waals surface area (Å²) in [7, 11) is 0. The average molecular weight is 306 g/mol. The SMILES string of the molecule is CCOC(=O)Cc1cc(Cl)cc(C)c1CBr. The minimum atomic E-state index is -0.216. The largest absolute Gasteiger partial charge is 0.466 e. The Hall–Kier alpha value is -0.540. The zero-order valence-corrected chi connectivity index (χ0v) is 11.7. The van der Waals surface area contributed by atoms with E-state index in [0.717, 1.165) is 16.7 Å². The van der Waals surface area contributed by atoms with Gasteiger partial charge in [-0.05, 0) is 42.7 Å². The Morgan fingerprint density at radius 2 is 2.19 bits per heavy atom. The molecule has 0 amide bonds. The summed E-state index contributed by atoms with van der Waals surface area (Å²) in [5.74, 6) is -0.216. The maximum atomic E-state index is 11.4. The van der Waals surface area contributed by atoms with Crippen molar-refractivity contribution in [1.82, 2.24) is 0 Å². The first-order valence-electron chi connectivity index (χ1n) is 5.08. The van der Waals surface area contributed by atoms with Gasteiger partial charge >= 0.3 is 5.97 Å². The lowest BCUT2D eigenvalue weighted by molar-refractivity contribution is -0.142. The van der Waals surface area contributed by atoms with E-state index in [-0.39, 0.29) is 12.4 Å². The van der Waals surface area contributed by atoms with Gasteiger partial charge in [-0.15, -0.1) is 0 Å². The van der Waals surface area contributed by atoms with Crippen LogP contribution in [0.5, 0.6) is 0 Å². The van der Waals surface area contributed by atoms with Gasteiger partial charge in [0.1, 0.15) is 0 Å². The first-order valence-corrected chi connectivity index (χ1v) is 6.58. The number of benzene rings is 1. The molecule has 1 aromatic carbocycles. The molecular formula is C12H14BrClO2. The van der Waals surface area contributed by atoms with Gasteiger partial charge in [-0.3, -0.25) is 4.79 Å². The molecular weight excluding hydrogens is 291 g/mol. The van der Waals surface area contributed by atoms with Crippen molar-refractivity contribution in [3.8, 4) is 0 Å². The van der Waals surface area contributed by atoms with Gasteiger partial charge in [0, 0.05) is 10.4 Å². The molecule has 0 aliphatic rings. The third kappa shape index (κ3) is 3.49. The molecule has 0 aliphatic heterocycles. The topological polar surface area (TPSA) is 26.3 Å². The van der Waals surface area contributed by atoms with Crippen molar-refractivity contribution in [2.24, 2.45) is 0 Å². The van der Waals surface area contributed by atoms with Crippen LogP contribution in [0.4, 0.5) is 0 Å². The van der Waals surface area contributed by atoms with Crippen molar-refractivity contribution in [1.29, 1.82) is 0 Å². The van der Waals surface area contributed by atoms with Crippen LogP contribution in [0.15, 0.2) is 12.1 Å². The number of hydrogen-bond donors (Lipinski definition) is 0. The molecule has 0 heterocycles. The second-order valence-electron chi connectivity index (χ2n) is 3.48. The second-order valence-corrected chi connectivity index (χ2v) is 4.47. The Bertz CT molecular complexity index is 391. The Morgan fingerprint density at radius 3 is 2.75 bits per heavy atom. The zero-order chi connectivity index (χ0) is 12.1. The first kappa shape index (κ1) is 13.5. The molecule has 0 N–H and O–H groups in total. The lowest BCUT2D eigenvalue weighted by Gasteiger charge is -2.10. The maximum absolute atomic E-state index is 11.4. The lowest BCUT2D eigenvalue weighted by Crippen LogP contribution is -2.09. The van der Waals surface area contributed by atoms with Crippen LogP contribution in [0, 0.1) is 6.92 Å². The van der Waals surface area contributed by atoms with Crippen molar-refractivity contribution in [2.45, 2.75) is 25.6 Å². The van der Waals surface area contributed by atoms with E-state index in [1.54, 1.807) is 6.92 Å². The van der Waals surface area contributed by atoms with Crippen LogP contribution in [-0.2, 0) is 21.3 Å². The standard InChI is InChI=1S/C12H14BrClO2/c1-3-16-12(15)6-9-5-10(14)4-8(2)11(9)7-13/h4-5H,3,6-7H2,1-2H3. The third-order valence-electron chi connectivity index (χ3n) is 2.30. The second kappa shape index (κ2) is 6.26. The van der Waals surface area contributed by atoms with E-state index >= 15 is 0 Å². The minimum Gasteiger partial charge on any atom is -0.466 e. The molecule has 4 heteroatoms. The molecule has 88 valence electrons. The number of aryl methyl sites for hydroxylation is 1. The van der Waals surface area contributed by atoms with Gasteiger partial charge in [-0.2, -0.15) is 0 Å². The fourth-order valence-electron chi connectivity index (χ4n) is 1.56. The predicted molar refractivity (Wildman–Crippen MR) is 69.2 cm³/mol. The molecule has 0 bridgehead atoms. The number of hydrogen-bond acceptors (Lipinski definition) is 2. The van der Waals surface area contributed by atoms with Crippen LogP contribution in [0.2, 0.25) is 5.02 Å². The Labute approximate surface area is 109 Å². The van der Waals surface area contributed by atoms with Crippen LogP contribution in [0.1, 0.15) is 23.6 Å². The highest BCUT2D eigenvalue weighted by atomic mass is 79.9. The van der Waals surface area contributed by atoms with Crippen LogP contribution in [-0.4, -0.2) is 12.6 Å². The van der Waals surface area contributed by atoms with Gasteiger partial charge in [0.05, 0.1) is 13.0 Å². The summed E-state index contributed by atoms with van der Waals surface area (Å²) >= 11 is 9.39. The molecule has 0 saturated heterocycles. The van der Waals surface area contributed by atoms with E-state index in [2.05, 4.69) is 15.9 Å². The van der Waals surface area contributed by atoms with Gasteiger partial charge in [0.15, 0.2) is 0 Å². The molecule has 0 unspecified atom stereocenters. The Balaban J connectivity index is 2.97. The molecule has 2 nitrogen and oxygen atoms in total. The molecule has 0 fully saturated rings. The summed E-state index contributed by atoms with van der Waals surface area (Å²) in [4.78, 5) is 11.4. The van der Waals surface area contributed by atoms with E-state index in [1.165, 1.54) is 0 Å². The van der Waals surface area contributed by atoms with Gasteiger partial charge < -0.3 is 4.74 Å². The number of ether oxygens (including phenoxy) is 1. The molecule has 0 aromatic heterocycles. The Morgan fingerprint density at radius 1 is 1.50 bits per heavy atom. The van der Waals surface area contributed by atoms with E-state index in [9.17, 15) is 4.79 Å². The molecule has 16 heavy (non-hydrogen) atoms. The first-order chi connectivity index (χ1) is 7.58. The summed E-state index contributed by atoms with van der Waals surface area (Å²) in [6.07, 6.45) is 0.274. The van der Waals surface area contributed by atoms with Crippen molar-refractivity contribution < 1.29 is 9.53 Å². The van der Waals surface area contributed by atoms with Crippen molar-refractivity contribution in [3.63, 3.8) is 0 Å². The van der Waals surface area contributed by atoms with Crippen LogP contribution in [0.25, 0.3) is 0 Å². The van der Waals surface area contributed by atoms with Crippen LogP contribution in [0.3, 0.4) is 0 Å². The molecule has 0 atom stereocenters. The third-order valence-corrected chi connectivity index (χ3v) is 3.08. The number of halogens is 2. The number of carbonyl (C=O) groups is 1. The lowest BCUT2D eigenvalue weighted by atomic mass is 10.0. The fourth-order valence-corrected chi connectivity index (χ4v) is 2.66. The fraction of sp³-hybridized carbons (Fsp3) is 0.417. The summed E-state index contributed by atoms with van der Waals surface area (Å²) in [6, 6.07) is 3.72. The smallest absolute Gasteiger partial charge is 0.310 e. The number of rotatable bonds is 4. The molecule has 0 aliphatic carbocycles. The normalized spacial score (nSPS) is 10.2. The summed E-state index contributed by atoms with van der Waals surface area (Å²) in [6.45, 7) is 4.19. The Kier molecular flexibility index (Phi) is 5.29. The van der Waals surface area contributed by atoms with Gasteiger partial charge in [-0.1, -0.05) is 27.5 Å². The van der Waals surface area contributed by atoms with E-state index in [4.69, 9.17) is 16.3 Å². The molecule has 1 aromatic rings. The number of carbonyl (C=O) groups excluding carboxylic acids is 1. The molecule has 0 spiro atoms. The quantitative estimate of drug-likeness (QED) is 0.627. The predicted octanol–water partition coefficient (Wildman–Crippen LogP) is 3.65. The van der Waals surface area contributed by atoms with E-state index in [1.807, 2.05) is 19.1 Å². The molecule has 1 rings (SSSR count). The highest BCUT2D eigenvalue weighted by Gasteiger charge is 2.11. The van der Waals surface area contributed by atoms with E-state index in [0.29, 0.717) is 17.0 Å². The van der Waals surface area contributed by atoms with E-state index < -0.39 is 0 Å². The average Bonchev–Trinajstić information content (AvgIpc) is 2.17. The number of esters is 1. The minimum absolute atomic E-state index is 0.216. The number of alkyl halides is 1. The van der Waals surface area contributed by atoms with Crippen molar-refractivity contribution in [3.05, 3.63) is 33.8 Å². The molecule has 0 radical (unpaired) electrons. The molecule has 0 saturated carbocycles. The monoisotopic (exact) mass is 304 g/mol. The highest BCUT2D eigenvalue weighted by Crippen LogP contribution is 2.23. The highest BCUT2D eigenvalue weighted by molar-refractivity contribution is 9.08. The zero-order valence-electron chi connectivity index (χ0n) is 9.35.